The fraction of sp³-hybridized carbons (Fsp3) is 0. The van der Waals surface area contributed by atoms with Crippen molar-refractivity contribution < 1.29 is 17.9 Å². The molecule has 0 fully saturated rings. The maximum atomic E-state index is 12.4. The first kappa shape index (κ1) is 21.6. The number of nitrogens with zero attached hydrogens (tertiary/aromatic N) is 1. The quantitative estimate of drug-likeness (QED) is 0.576. The monoisotopic (exact) mass is 461 g/mol. The van der Waals surface area contributed by atoms with Crippen molar-refractivity contribution >= 4 is 44.8 Å². The maximum absolute atomic E-state index is 12.4. The summed E-state index contributed by atoms with van der Waals surface area (Å²) in [6, 6.07) is 16.4. The van der Waals surface area contributed by atoms with Crippen LogP contribution in [0.5, 0.6) is 11.5 Å². The van der Waals surface area contributed by atoms with Gasteiger partial charge in [0.1, 0.15) is 11.5 Å². The summed E-state index contributed by atoms with van der Waals surface area (Å²) in [6.07, 6.45) is 0. The van der Waals surface area contributed by atoms with Gasteiger partial charge in [0, 0.05) is 17.3 Å². The van der Waals surface area contributed by atoms with Crippen LogP contribution in [-0.4, -0.2) is 14.3 Å². The van der Waals surface area contributed by atoms with Crippen molar-refractivity contribution in [3.05, 3.63) is 81.8 Å². The van der Waals surface area contributed by atoms with E-state index < -0.39 is 15.9 Å². The highest BCUT2D eigenvalue weighted by molar-refractivity contribution is 7.89. The first-order valence-corrected chi connectivity index (χ1v) is 10.6. The number of amides is 1. The molecule has 0 radical (unpaired) electrons. The van der Waals surface area contributed by atoms with Gasteiger partial charge < -0.3 is 10.1 Å². The Morgan fingerprint density at radius 2 is 1.67 bits per heavy atom. The van der Waals surface area contributed by atoms with E-state index in [-0.39, 0.29) is 27.0 Å². The Labute approximate surface area is 182 Å². The molecule has 3 N–H and O–H groups in total. The maximum Gasteiger partial charge on any atom is 0.255 e. The Morgan fingerprint density at radius 1 is 0.967 bits per heavy atom. The molecule has 1 amide bonds. The Kier molecular flexibility index (Phi) is 6.29. The van der Waals surface area contributed by atoms with Gasteiger partial charge in [0.15, 0.2) is 0 Å². The summed E-state index contributed by atoms with van der Waals surface area (Å²) in [5.74, 6) is 0.0452. The molecule has 0 bridgehead atoms. The number of hydrogen-bond donors (Lipinski definition) is 2. The van der Waals surface area contributed by atoms with Gasteiger partial charge in [0.05, 0.1) is 26.6 Å². The zero-order valence-electron chi connectivity index (χ0n) is 15.1. The number of rotatable bonds is 5. The second-order valence-electron chi connectivity index (χ2n) is 6.03. The van der Waals surface area contributed by atoms with Crippen LogP contribution in [0.2, 0.25) is 10.0 Å². The fourth-order valence-corrected chi connectivity index (χ4v) is 3.32. The van der Waals surface area contributed by atoms with Gasteiger partial charge in [-0.15, -0.1) is 0 Å². The van der Waals surface area contributed by atoms with Crippen LogP contribution in [-0.2, 0) is 10.0 Å². The van der Waals surface area contributed by atoms with Crippen LogP contribution in [0.4, 0.5) is 5.69 Å². The van der Waals surface area contributed by atoms with Crippen LogP contribution in [0.3, 0.4) is 0 Å². The molecule has 7 nitrogen and oxygen atoms in total. The first-order chi connectivity index (χ1) is 14.2. The van der Waals surface area contributed by atoms with Gasteiger partial charge in [-0.05, 0) is 54.6 Å². The molecular formula is C20H13Cl2N3O4S. The van der Waals surface area contributed by atoms with Crippen LogP contribution < -0.4 is 15.2 Å². The third kappa shape index (κ3) is 5.09. The number of carbonyl (C=O) groups excluding carboxylic acids is 1. The number of primary sulfonamides is 1. The molecule has 0 saturated heterocycles. The van der Waals surface area contributed by atoms with Gasteiger partial charge in [-0.2, -0.15) is 5.26 Å². The Hall–Kier alpha value is -3.09. The second kappa shape index (κ2) is 8.73. The standard InChI is InChI=1S/C20H13Cl2N3O4S/c21-16-7-1-12(11-23)9-19(16)29-18-8-2-13(10-17(18)22)20(26)25-14-3-5-15(6-4-14)30(24,27)28/h1-10H,(H,25,26)(H2,24,27,28). The third-order valence-electron chi connectivity index (χ3n) is 3.92. The average molecular weight is 462 g/mol. The lowest BCUT2D eigenvalue weighted by Gasteiger charge is -2.11. The number of benzene rings is 3. The molecular weight excluding hydrogens is 449 g/mol. The summed E-state index contributed by atoms with van der Waals surface area (Å²) in [6.45, 7) is 0. The highest BCUT2D eigenvalue weighted by Gasteiger charge is 2.13. The molecule has 0 spiro atoms. The van der Waals surface area contributed by atoms with E-state index in [2.05, 4.69) is 5.32 Å². The number of carbonyl (C=O) groups is 1. The van der Waals surface area contributed by atoms with Gasteiger partial charge in [-0.3, -0.25) is 4.79 Å². The minimum absolute atomic E-state index is 0.0656. The molecule has 3 rings (SSSR count). The van der Waals surface area contributed by atoms with E-state index >= 15 is 0 Å². The largest absolute Gasteiger partial charge is 0.454 e. The molecule has 3 aromatic carbocycles. The number of nitriles is 1. The first-order valence-electron chi connectivity index (χ1n) is 8.28. The Bertz CT molecular complexity index is 1270. The Balaban J connectivity index is 1.76. The lowest BCUT2D eigenvalue weighted by Crippen LogP contribution is -2.14. The molecule has 3 aromatic rings. The summed E-state index contributed by atoms with van der Waals surface area (Å²) < 4.78 is 28.2. The molecule has 152 valence electrons. The predicted molar refractivity (Wildman–Crippen MR) is 113 cm³/mol. The van der Waals surface area contributed by atoms with Crippen molar-refractivity contribution in [1.82, 2.24) is 0 Å². The molecule has 30 heavy (non-hydrogen) atoms. The topological polar surface area (TPSA) is 122 Å². The van der Waals surface area contributed by atoms with E-state index in [9.17, 15) is 13.2 Å². The molecule has 10 heteroatoms. The SMILES string of the molecule is N#Cc1ccc(Cl)c(Oc2ccc(C(=O)Nc3ccc(S(N)(=O)=O)cc3)cc2Cl)c1. The summed E-state index contributed by atoms with van der Waals surface area (Å²) in [5, 5.41) is 17.1. The molecule has 0 aliphatic carbocycles. The zero-order chi connectivity index (χ0) is 21.9. The fourth-order valence-electron chi connectivity index (χ4n) is 2.43. The van der Waals surface area contributed by atoms with Crippen LogP contribution in [0, 0.1) is 11.3 Å². The van der Waals surface area contributed by atoms with Crippen molar-refractivity contribution in [3.8, 4) is 17.6 Å². The van der Waals surface area contributed by atoms with Crippen molar-refractivity contribution in [2.45, 2.75) is 4.90 Å². The number of nitrogens with one attached hydrogen (secondary N) is 1. The molecule has 0 aromatic heterocycles. The van der Waals surface area contributed by atoms with Crippen molar-refractivity contribution in [2.24, 2.45) is 5.14 Å². The second-order valence-corrected chi connectivity index (χ2v) is 8.40. The van der Waals surface area contributed by atoms with Crippen LogP contribution in [0.15, 0.2) is 65.6 Å². The van der Waals surface area contributed by atoms with Gasteiger partial charge in [0.2, 0.25) is 10.0 Å². The molecule has 0 heterocycles. The predicted octanol–water partition coefficient (Wildman–Crippen LogP) is 4.56. The highest BCUT2D eigenvalue weighted by Crippen LogP contribution is 2.34. The van der Waals surface area contributed by atoms with Crippen LogP contribution in [0.25, 0.3) is 0 Å². The normalized spacial score (nSPS) is 10.9. The number of halogens is 2. The number of nitrogens with two attached hydrogens (primary N) is 1. The lowest BCUT2D eigenvalue weighted by molar-refractivity contribution is 0.102. The van der Waals surface area contributed by atoms with E-state index in [0.717, 1.165) is 0 Å². The summed E-state index contributed by atoms with van der Waals surface area (Å²) in [4.78, 5) is 12.4. The number of anilines is 1. The number of sulfonamides is 1. The average Bonchev–Trinajstić information content (AvgIpc) is 2.70. The van der Waals surface area contributed by atoms with Crippen molar-refractivity contribution in [1.29, 1.82) is 5.26 Å². The number of ether oxygens (including phenoxy) is 1. The van der Waals surface area contributed by atoms with Gasteiger partial charge >= 0.3 is 0 Å². The van der Waals surface area contributed by atoms with Gasteiger partial charge in [0.25, 0.3) is 5.91 Å². The Morgan fingerprint density at radius 3 is 2.27 bits per heavy atom. The zero-order valence-corrected chi connectivity index (χ0v) is 17.4. The highest BCUT2D eigenvalue weighted by atomic mass is 35.5. The smallest absolute Gasteiger partial charge is 0.255 e. The lowest BCUT2D eigenvalue weighted by atomic mass is 10.2. The van der Waals surface area contributed by atoms with E-state index in [1.165, 1.54) is 54.6 Å². The van der Waals surface area contributed by atoms with Gasteiger partial charge in [-0.1, -0.05) is 23.2 Å². The molecule has 0 saturated carbocycles. The van der Waals surface area contributed by atoms with E-state index in [0.29, 0.717) is 16.3 Å². The molecule has 0 atom stereocenters. The van der Waals surface area contributed by atoms with E-state index in [1.54, 1.807) is 6.07 Å². The summed E-state index contributed by atoms with van der Waals surface area (Å²) in [5.41, 5.74) is 0.999. The minimum atomic E-state index is -3.82. The van der Waals surface area contributed by atoms with E-state index in [4.69, 9.17) is 38.3 Å². The molecule has 0 aliphatic heterocycles. The van der Waals surface area contributed by atoms with Crippen LogP contribution >= 0.6 is 23.2 Å². The third-order valence-corrected chi connectivity index (χ3v) is 5.45. The molecule has 0 unspecified atom stereocenters. The van der Waals surface area contributed by atoms with Crippen LogP contribution in [0.1, 0.15) is 15.9 Å². The van der Waals surface area contributed by atoms with Crippen molar-refractivity contribution in [2.75, 3.05) is 5.32 Å². The molecule has 0 aliphatic rings. The van der Waals surface area contributed by atoms with Crippen molar-refractivity contribution in [3.63, 3.8) is 0 Å². The number of hydrogen-bond acceptors (Lipinski definition) is 5. The minimum Gasteiger partial charge on any atom is -0.454 e. The summed E-state index contributed by atoms with van der Waals surface area (Å²) >= 11 is 12.3. The summed E-state index contributed by atoms with van der Waals surface area (Å²) in [7, 11) is -3.82. The van der Waals surface area contributed by atoms with E-state index in [1.807, 2.05) is 6.07 Å². The van der Waals surface area contributed by atoms with Gasteiger partial charge in [-0.25, -0.2) is 13.6 Å².